The predicted molar refractivity (Wildman–Crippen MR) is 144 cm³/mol. The van der Waals surface area contributed by atoms with E-state index in [0.29, 0.717) is 11.8 Å². The fourth-order valence-electron chi connectivity index (χ4n) is 3.73. The lowest BCUT2D eigenvalue weighted by Gasteiger charge is -2.26. The van der Waals surface area contributed by atoms with Crippen molar-refractivity contribution in [3.05, 3.63) is 127 Å². The van der Waals surface area contributed by atoms with Crippen LogP contribution in [0.3, 0.4) is 0 Å². The molecule has 2 unspecified atom stereocenters. The summed E-state index contributed by atoms with van der Waals surface area (Å²) in [6.07, 6.45) is 7.30. The molecule has 0 aromatic heterocycles. The van der Waals surface area contributed by atoms with Crippen molar-refractivity contribution in [2.75, 3.05) is 0 Å². The van der Waals surface area contributed by atoms with E-state index in [9.17, 15) is 0 Å². The Bertz CT molecular complexity index is 996. The van der Waals surface area contributed by atoms with Gasteiger partial charge in [0, 0.05) is 0 Å². The minimum absolute atomic E-state index is 0.346. The molecule has 0 spiro atoms. The largest absolute Gasteiger partial charge is 0.0959 e. The van der Waals surface area contributed by atoms with Gasteiger partial charge in [-0.1, -0.05) is 123 Å². The predicted octanol–water partition coefficient (Wildman–Crippen LogP) is 9.61. The standard InChI is InChI=1S/C32H38/c1-23(2)25(5)13-12-16-29(18-17-26(6)24(3)4)27(7)28(8)30-19-21-32(22-20-30)31-14-10-9-11-15-31/h9-15,19-22,27,29H,1,3,5-6,8,16-18H2,2,4,7H3/b13-12-. The molecule has 0 fully saturated rings. The number of hydrogen-bond acceptors (Lipinski definition) is 0. The van der Waals surface area contributed by atoms with Crippen LogP contribution < -0.4 is 0 Å². The summed E-state index contributed by atoms with van der Waals surface area (Å²) < 4.78 is 0. The topological polar surface area (TPSA) is 0 Å². The Labute approximate surface area is 196 Å². The molecule has 0 heterocycles. The van der Waals surface area contributed by atoms with Crippen LogP contribution in [0.1, 0.15) is 45.6 Å². The first-order valence-corrected chi connectivity index (χ1v) is 11.4. The SMILES string of the molecule is C=C(C)C(=C)/C=C\CC(CCC(=C)C(=C)C)C(C)C(=C)c1ccc(-c2ccccc2)cc1. The zero-order valence-electron chi connectivity index (χ0n) is 20.2. The van der Waals surface area contributed by atoms with E-state index >= 15 is 0 Å². The highest BCUT2D eigenvalue weighted by Gasteiger charge is 2.20. The first-order valence-electron chi connectivity index (χ1n) is 11.4. The number of hydrogen-bond donors (Lipinski definition) is 0. The Hall–Kier alpha value is -3.12. The lowest BCUT2D eigenvalue weighted by atomic mass is 9.79. The van der Waals surface area contributed by atoms with Crippen molar-refractivity contribution in [1.29, 1.82) is 0 Å². The van der Waals surface area contributed by atoms with E-state index in [2.05, 4.69) is 101 Å². The lowest BCUT2D eigenvalue weighted by Crippen LogP contribution is -2.13. The second kappa shape index (κ2) is 12.1. The van der Waals surface area contributed by atoms with E-state index in [0.717, 1.165) is 41.6 Å². The van der Waals surface area contributed by atoms with Crippen molar-refractivity contribution in [2.24, 2.45) is 11.8 Å². The molecule has 0 radical (unpaired) electrons. The molecule has 0 amide bonds. The van der Waals surface area contributed by atoms with Crippen LogP contribution in [0.2, 0.25) is 0 Å². The van der Waals surface area contributed by atoms with Gasteiger partial charge in [0.25, 0.3) is 0 Å². The van der Waals surface area contributed by atoms with Gasteiger partial charge in [0.15, 0.2) is 0 Å². The van der Waals surface area contributed by atoms with E-state index in [1.54, 1.807) is 0 Å². The summed E-state index contributed by atoms with van der Waals surface area (Å²) in [7, 11) is 0. The van der Waals surface area contributed by atoms with Gasteiger partial charge >= 0.3 is 0 Å². The number of rotatable bonds is 12. The summed E-state index contributed by atoms with van der Waals surface area (Å²) in [5.74, 6) is 0.805. The fraction of sp³-hybridized carbons (Fsp3) is 0.250. The zero-order chi connectivity index (χ0) is 23.7. The van der Waals surface area contributed by atoms with E-state index < -0.39 is 0 Å². The van der Waals surface area contributed by atoms with Crippen molar-refractivity contribution in [3.8, 4) is 11.1 Å². The molecule has 0 aliphatic heterocycles. The lowest BCUT2D eigenvalue weighted by molar-refractivity contribution is 0.406. The smallest absolute Gasteiger partial charge is 0.0159 e. The maximum absolute atomic E-state index is 4.49. The monoisotopic (exact) mass is 422 g/mol. The van der Waals surface area contributed by atoms with Gasteiger partial charge in [-0.25, -0.2) is 0 Å². The quantitative estimate of drug-likeness (QED) is 0.299. The minimum atomic E-state index is 0.346. The normalized spacial score (nSPS) is 12.8. The molecule has 0 nitrogen and oxygen atoms in total. The molecule has 0 bridgehead atoms. The minimum Gasteiger partial charge on any atom is -0.0959 e. The molecule has 166 valence electrons. The van der Waals surface area contributed by atoms with Crippen LogP contribution in [-0.2, 0) is 0 Å². The van der Waals surface area contributed by atoms with Crippen molar-refractivity contribution in [1.82, 2.24) is 0 Å². The van der Waals surface area contributed by atoms with Crippen LogP contribution in [0, 0.1) is 11.8 Å². The molecule has 2 aromatic carbocycles. The summed E-state index contributed by atoms with van der Waals surface area (Å²) >= 11 is 0. The molecule has 32 heavy (non-hydrogen) atoms. The molecule has 2 aromatic rings. The number of benzene rings is 2. The Balaban J connectivity index is 2.16. The van der Waals surface area contributed by atoms with Crippen LogP contribution in [-0.4, -0.2) is 0 Å². The highest BCUT2D eigenvalue weighted by molar-refractivity contribution is 5.70. The van der Waals surface area contributed by atoms with Gasteiger partial charge in [-0.15, -0.1) is 0 Å². The van der Waals surface area contributed by atoms with Crippen molar-refractivity contribution in [2.45, 2.75) is 40.0 Å². The van der Waals surface area contributed by atoms with Gasteiger partial charge in [0.2, 0.25) is 0 Å². The van der Waals surface area contributed by atoms with Gasteiger partial charge in [-0.05, 0) is 72.8 Å². The maximum Gasteiger partial charge on any atom is -0.0159 e. The third-order valence-corrected chi connectivity index (χ3v) is 6.35. The zero-order valence-corrected chi connectivity index (χ0v) is 20.2. The number of allylic oxidation sites excluding steroid dienone is 7. The van der Waals surface area contributed by atoms with Crippen LogP contribution in [0.15, 0.2) is 122 Å². The van der Waals surface area contributed by atoms with Gasteiger partial charge in [-0.2, -0.15) is 0 Å². The van der Waals surface area contributed by atoms with E-state index in [1.807, 2.05) is 19.9 Å². The van der Waals surface area contributed by atoms with Crippen LogP contribution >= 0.6 is 0 Å². The van der Waals surface area contributed by atoms with E-state index in [-0.39, 0.29) is 0 Å². The molecule has 0 saturated heterocycles. The summed E-state index contributed by atoms with van der Waals surface area (Å²) in [6.45, 7) is 27.1. The molecule has 0 aliphatic carbocycles. The third-order valence-electron chi connectivity index (χ3n) is 6.35. The van der Waals surface area contributed by atoms with Crippen LogP contribution in [0.4, 0.5) is 0 Å². The Kier molecular flexibility index (Phi) is 9.47. The molecular formula is C32H38. The molecule has 2 atom stereocenters. The first kappa shape index (κ1) is 25.1. The maximum atomic E-state index is 4.49. The third kappa shape index (κ3) is 7.24. The van der Waals surface area contributed by atoms with E-state index in [1.165, 1.54) is 22.3 Å². The average Bonchev–Trinajstić information content (AvgIpc) is 2.80. The molecular weight excluding hydrogens is 384 g/mol. The molecule has 2 rings (SSSR count). The highest BCUT2D eigenvalue weighted by atomic mass is 14.2. The summed E-state index contributed by atoms with van der Waals surface area (Å²) in [5, 5.41) is 0. The molecule has 0 N–H and O–H groups in total. The summed E-state index contributed by atoms with van der Waals surface area (Å²) in [4.78, 5) is 0. The van der Waals surface area contributed by atoms with Crippen LogP contribution in [0.5, 0.6) is 0 Å². The Morgan fingerprint density at radius 2 is 1.41 bits per heavy atom. The Morgan fingerprint density at radius 3 is 1.97 bits per heavy atom. The van der Waals surface area contributed by atoms with Crippen molar-refractivity contribution >= 4 is 5.57 Å². The highest BCUT2D eigenvalue weighted by Crippen LogP contribution is 2.35. The van der Waals surface area contributed by atoms with E-state index in [4.69, 9.17) is 0 Å². The van der Waals surface area contributed by atoms with Gasteiger partial charge < -0.3 is 0 Å². The summed E-state index contributed by atoms with van der Waals surface area (Å²) in [6, 6.07) is 19.3. The Morgan fingerprint density at radius 1 is 0.812 bits per heavy atom. The van der Waals surface area contributed by atoms with Crippen molar-refractivity contribution < 1.29 is 0 Å². The average molecular weight is 423 g/mol. The van der Waals surface area contributed by atoms with Crippen molar-refractivity contribution in [3.63, 3.8) is 0 Å². The second-order valence-corrected chi connectivity index (χ2v) is 8.88. The van der Waals surface area contributed by atoms with Gasteiger partial charge in [0.05, 0.1) is 0 Å². The van der Waals surface area contributed by atoms with Gasteiger partial charge in [-0.3, -0.25) is 0 Å². The first-order chi connectivity index (χ1) is 15.2. The summed E-state index contributed by atoms with van der Waals surface area (Å²) in [5.41, 5.74) is 9.04. The van der Waals surface area contributed by atoms with Gasteiger partial charge in [0.1, 0.15) is 0 Å². The second-order valence-electron chi connectivity index (χ2n) is 8.88. The molecule has 0 aliphatic rings. The fourth-order valence-corrected chi connectivity index (χ4v) is 3.73. The van der Waals surface area contributed by atoms with Crippen LogP contribution in [0.25, 0.3) is 16.7 Å². The molecule has 0 saturated carbocycles. The molecule has 0 heteroatoms.